The van der Waals surface area contributed by atoms with Gasteiger partial charge in [0.25, 0.3) is 5.91 Å². The second kappa shape index (κ2) is 10.2. The first kappa shape index (κ1) is 23.0. The quantitative estimate of drug-likeness (QED) is 0.662. The Hall–Kier alpha value is -3.18. The fourth-order valence-corrected chi connectivity index (χ4v) is 4.61. The van der Waals surface area contributed by atoms with Gasteiger partial charge in [0, 0.05) is 70.0 Å². The molecule has 0 atom stereocenters. The first-order valence-corrected chi connectivity index (χ1v) is 11.3. The minimum Gasteiger partial charge on any atom is -0.351 e. The van der Waals surface area contributed by atoms with E-state index in [0.717, 1.165) is 32.5 Å². The molecule has 3 saturated heterocycles. The van der Waals surface area contributed by atoms with Crippen molar-refractivity contribution in [1.82, 2.24) is 20.2 Å². The number of benzene rings is 1. The number of nitrogens with one attached hydrogen (secondary N) is 1. The van der Waals surface area contributed by atoms with Crippen LogP contribution < -0.4 is 16.0 Å². The standard InChI is InChI=1S/C22H30N6O5/c23-21(31)33-27-7-4-16(5-8-27)15-25-10-12-26(13-11-25)20(30)17-2-1-3-18(14-17)28-9-6-19(29)24-22(28)32/h1-3,14,16H,4-13,15H2,(H2,23,31)(H,24,29,32). The summed E-state index contributed by atoms with van der Waals surface area (Å²) in [6, 6.07) is 6.54. The number of piperazine rings is 1. The monoisotopic (exact) mass is 458 g/mol. The average Bonchev–Trinajstić information content (AvgIpc) is 2.80. The maximum Gasteiger partial charge on any atom is 0.423 e. The van der Waals surface area contributed by atoms with Crippen molar-refractivity contribution in [2.45, 2.75) is 19.3 Å². The number of hydrogen-bond acceptors (Lipinski definition) is 7. The molecule has 5 amide bonds. The number of anilines is 1. The number of hydrogen-bond donors (Lipinski definition) is 2. The summed E-state index contributed by atoms with van der Waals surface area (Å²) < 4.78 is 0. The van der Waals surface area contributed by atoms with Crippen molar-refractivity contribution in [3.05, 3.63) is 29.8 Å². The molecule has 0 aliphatic carbocycles. The van der Waals surface area contributed by atoms with Crippen LogP contribution in [0.2, 0.25) is 0 Å². The number of rotatable bonds is 5. The molecule has 0 unspecified atom stereocenters. The molecular weight excluding hydrogens is 428 g/mol. The Morgan fingerprint density at radius 1 is 1.03 bits per heavy atom. The molecule has 178 valence electrons. The van der Waals surface area contributed by atoms with Crippen LogP contribution in [0, 0.1) is 5.92 Å². The van der Waals surface area contributed by atoms with E-state index < -0.39 is 12.1 Å². The summed E-state index contributed by atoms with van der Waals surface area (Å²) in [5, 5.41) is 3.93. The molecular formula is C22H30N6O5. The minimum atomic E-state index is -0.769. The number of hydroxylamine groups is 2. The second-order valence-electron chi connectivity index (χ2n) is 8.68. The first-order chi connectivity index (χ1) is 15.9. The number of urea groups is 1. The van der Waals surface area contributed by atoms with Crippen molar-refractivity contribution >= 4 is 29.6 Å². The van der Waals surface area contributed by atoms with E-state index in [2.05, 4.69) is 10.2 Å². The highest BCUT2D eigenvalue weighted by Gasteiger charge is 2.28. The third kappa shape index (κ3) is 5.79. The predicted octanol–water partition coefficient (Wildman–Crippen LogP) is 0.613. The van der Waals surface area contributed by atoms with E-state index in [1.807, 2.05) is 4.90 Å². The van der Waals surface area contributed by atoms with Crippen molar-refractivity contribution in [2.75, 3.05) is 57.3 Å². The van der Waals surface area contributed by atoms with E-state index in [1.54, 1.807) is 29.3 Å². The third-order valence-corrected chi connectivity index (χ3v) is 6.43. The molecule has 3 aliphatic heterocycles. The van der Waals surface area contributed by atoms with Crippen molar-refractivity contribution in [3.8, 4) is 0 Å². The third-order valence-electron chi connectivity index (χ3n) is 6.43. The topological polar surface area (TPSA) is 129 Å². The molecule has 3 fully saturated rings. The number of nitrogens with two attached hydrogens (primary N) is 1. The van der Waals surface area contributed by atoms with Crippen molar-refractivity contribution in [1.29, 1.82) is 0 Å². The Bertz CT molecular complexity index is 908. The van der Waals surface area contributed by atoms with Crippen LogP contribution >= 0.6 is 0 Å². The van der Waals surface area contributed by atoms with Crippen LogP contribution in [0.1, 0.15) is 29.6 Å². The zero-order valence-corrected chi connectivity index (χ0v) is 18.6. The Balaban J connectivity index is 1.26. The molecule has 1 aromatic rings. The summed E-state index contributed by atoms with van der Waals surface area (Å²) in [6.07, 6.45) is 1.35. The zero-order valence-electron chi connectivity index (χ0n) is 18.6. The van der Waals surface area contributed by atoms with Crippen LogP contribution in [0.5, 0.6) is 0 Å². The molecule has 3 N–H and O–H groups in total. The van der Waals surface area contributed by atoms with Gasteiger partial charge in [0.1, 0.15) is 0 Å². The summed E-state index contributed by atoms with van der Waals surface area (Å²) in [7, 11) is 0. The number of piperidine rings is 1. The lowest BCUT2D eigenvalue weighted by atomic mass is 9.97. The van der Waals surface area contributed by atoms with Gasteiger partial charge in [-0.3, -0.25) is 24.7 Å². The van der Waals surface area contributed by atoms with Gasteiger partial charge in [0.2, 0.25) is 5.91 Å². The van der Waals surface area contributed by atoms with E-state index in [4.69, 9.17) is 10.6 Å². The van der Waals surface area contributed by atoms with Gasteiger partial charge in [-0.15, -0.1) is 5.06 Å². The maximum absolute atomic E-state index is 13.1. The summed E-state index contributed by atoms with van der Waals surface area (Å²) in [6.45, 7) is 5.54. The lowest BCUT2D eigenvalue weighted by molar-refractivity contribution is -0.120. The molecule has 0 bridgehead atoms. The number of imide groups is 1. The van der Waals surface area contributed by atoms with E-state index in [9.17, 15) is 19.2 Å². The molecule has 0 aromatic heterocycles. The summed E-state index contributed by atoms with van der Waals surface area (Å²) in [5.41, 5.74) is 6.21. The highest BCUT2D eigenvalue weighted by atomic mass is 16.7. The van der Waals surface area contributed by atoms with E-state index >= 15 is 0 Å². The molecule has 4 rings (SSSR count). The van der Waals surface area contributed by atoms with Gasteiger partial charge in [-0.05, 0) is 37.0 Å². The smallest absolute Gasteiger partial charge is 0.351 e. The van der Waals surface area contributed by atoms with Crippen LogP contribution in [-0.4, -0.2) is 91.2 Å². The minimum absolute atomic E-state index is 0.0538. The van der Waals surface area contributed by atoms with Crippen LogP contribution in [-0.2, 0) is 9.63 Å². The molecule has 11 nitrogen and oxygen atoms in total. The lowest BCUT2D eigenvalue weighted by Gasteiger charge is -2.38. The van der Waals surface area contributed by atoms with Gasteiger partial charge in [-0.25, -0.2) is 9.59 Å². The zero-order chi connectivity index (χ0) is 23.4. The largest absolute Gasteiger partial charge is 0.423 e. The van der Waals surface area contributed by atoms with Gasteiger partial charge >= 0.3 is 12.1 Å². The van der Waals surface area contributed by atoms with Crippen molar-refractivity contribution < 1.29 is 24.0 Å². The van der Waals surface area contributed by atoms with E-state index in [-0.39, 0.29) is 18.2 Å². The first-order valence-electron chi connectivity index (χ1n) is 11.3. The number of amides is 5. The predicted molar refractivity (Wildman–Crippen MR) is 119 cm³/mol. The van der Waals surface area contributed by atoms with Gasteiger partial charge in [0.05, 0.1) is 0 Å². The van der Waals surface area contributed by atoms with Crippen LogP contribution in [0.3, 0.4) is 0 Å². The van der Waals surface area contributed by atoms with Crippen LogP contribution in [0.25, 0.3) is 0 Å². The Kier molecular flexibility index (Phi) is 7.09. The van der Waals surface area contributed by atoms with Crippen LogP contribution in [0.15, 0.2) is 24.3 Å². The number of carbonyl (C=O) groups excluding carboxylic acids is 4. The number of primary amides is 1. The van der Waals surface area contributed by atoms with E-state index in [1.165, 1.54) is 4.90 Å². The fraction of sp³-hybridized carbons (Fsp3) is 0.545. The molecule has 33 heavy (non-hydrogen) atoms. The molecule has 11 heteroatoms. The summed E-state index contributed by atoms with van der Waals surface area (Å²) >= 11 is 0. The van der Waals surface area contributed by atoms with Gasteiger partial charge in [-0.1, -0.05) is 6.07 Å². The molecule has 3 aliphatic rings. The number of carbonyl (C=O) groups is 4. The Morgan fingerprint density at radius 3 is 2.42 bits per heavy atom. The Labute approximate surface area is 192 Å². The van der Waals surface area contributed by atoms with Gasteiger partial charge in [0.15, 0.2) is 0 Å². The lowest BCUT2D eigenvalue weighted by Crippen LogP contribution is -2.51. The summed E-state index contributed by atoms with van der Waals surface area (Å²) in [5.74, 6) is 0.187. The molecule has 1 aromatic carbocycles. The Morgan fingerprint density at radius 2 is 1.76 bits per heavy atom. The van der Waals surface area contributed by atoms with Crippen molar-refractivity contribution in [3.63, 3.8) is 0 Å². The molecule has 0 radical (unpaired) electrons. The molecule has 3 heterocycles. The number of nitrogens with zero attached hydrogens (tertiary/aromatic N) is 4. The highest BCUT2D eigenvalue weighted by molar-refractivity contribution is 6.06. The SMILES string of the molecule is NC(=O)ON1CCC(CN2CCN(C(=O)c3cccc(N4CCC(=O)NC4=O)c3)CC2)CC1. The normalized spacial score (nSPS) is 21.1. The average molecular weight is 459 g/mol. The molecule has 0 spiro atoms. The van der Waals surface area contributed by atoms with Gasteiger partial charge in [-0.2, -0.15) is 0 Å². The maximum atomic E-state index is 13.1. The van der Waals surface area contributed by atoms with E-state index in [0.29, 0.717) is 49.9 Å². The molecule has 0 saturated carbocycles. The highest BCUT2D eigenvalue weighted by Crippen LogP contribution is 2.22. The van der Waals surface area contributed by atoms with Crippen LogP contribution in [0.4, 0.5) is 15.3 Å². The second-order valence-corrected chi connectivity index (χ2v) is 8.68. The van der Waals surface area contributed by atoms with Gasteiger partial charge < -0.3 is 15.5 Å². The summed E-state index contributed by atoms with van der Waals surface area (Å²) in [4.78, 5) is 58.1. The fourth-order valence-electron chi connectivity index (χ4n) is 4.61. The van der Waals surface area contributed by atoms with Crippen molar-refractivity contribution in [2.24, 2.45) is 11.7 Å².